The van der Waals surface area contributed by atoms with Crippen LogP contribution in [-0.4, -0.2) is 21.7 Å². The van der Waals surface area contributed by atoms with Crippen molar-refractivity contribution in [2.45, 2.75) is 5.75 Å². The van der Waals surface area contributed by atoms with Crippen molar-refractivity contribution in [1.29, 1.82) is 0 Å². The lowest BCUT2D eigenvalue weighted by molar-refractivity contribution is 1.04. The molecule has 0 amide bonds. The molecule has 0 aliphatic heterocycles. The minimum Gasteiger partial charge on any atom is -0.379 e. The summed E-state index contributed by atoms with van der Waals surface area (Å²) in [6.07, 6.45) is 1.67. The predicted molar refractivity (Wildman–Crippen MR) is 80.3 cm³/mol. The Kier molecular flexibility index (Phi) is 4.35. The molecule has 0 unspecified atom stereocenters. The molecule has 0 bridgehead atoms. The van der Waals surface area contributed by atoms with Crippen LogP contribution in [0.25, 0.3) is 10.9 Å². The van der Waals surface area contributed by atoms with Crippen molar-refractivity contribution >= 4 is 27.8 Å². The lowest BCUT2D eigenvalue weighted by atomic mass is 10.2. The zero-order valence-corrected chi connectivity index (χ0v) is 11.1. The lowest BCUT2D eigenvalue weighted by Crippen LogP contribution is -2.13. The molecule has 0 aliphatic carbocycles. The summed E-state index contributed by atoms with van der Waals surface area (Å²) in [5, 5.41) is 1.04. The van der Waals surface area contributed by atoms with Crippen LogP contribution in [0, 0.1) is 0 Å². The van der Waals surface area contributed by atoms with Crippen molar-refractivity contribution in [3.8, 4) is 0 Å². The summed E-state index contributed by atoms with van der Waals surface area (Å²) in [6, 6.07) is 7.23. The molecule has 3 N–H and O–H groups in total. The molecule has 0 spiro atoms. The van der Waals surface area contributed by atoms with E-state index in [-0.39, 0.29) is 5.56 Å². The number of nitrogens with zero attached hydrogens (tertiary/aromatic N) is 2. The number of aromatic amines is 1. The standard InChI is InChI=1S/C13H14N4OS/c1-2-7-15-13(14)19-8-11-16-10-6-4-3-5-9(10)12(18)17-11/h2-6H,1,7-8H2,(H2,14,15)(H,16,17,18). The maximum absolute atomic E-state index is 11.8. The molecule has 0 radical (unpaired) electrons. The molecule has 1 aromatic carbocycles. The van der Waals surface area contributed by atoms with Crippen molar-refractivity contribution in [3.63, 3.8) is 0 Å². The first-order valence-corrected chi connectivity index (χ1v) is 6.71. The van der Waals surface area contributed by atoms with Gasteiger partial charge in [0.2, 0.25) is 0 Å². The van der Waals surface area contributed by atoms with Gasteiger partial charge in [-0.3, -0.25) is 9.79 Å². The van der Waals surface area contributed by atoms with Crippen LogP contribution >= 0.6 is 11.8 Å². The fraction of sp³-hybridized carbons (Fsp3) is 0.154. The summed E-state index contributed by atoms with van der Waals surface area (Å²) < 4.78 is 0. The third kappa shape index (κ3) is 3.45. The van der Waals surface area contributed by atoms with Crippen molar-refractivity contribution in [3.05, 3.63) is 53.1 Å². The van der Waals surface area contributed by atoms with Crippen molar-refractivity contribution in [1.82, 2.24) is 9.97 Å². The zero-order chi connectivity index (χ0) is 13.7. The zero-order valence-electron chi connectivity index (χ0n) is 10.3. The van der Waals surface area contributed by atoms with Gasteiger partial charge in [-0.05, 0) is 12.1 Å². The first-order chi connectivity index (χ1) is 9.20. The van der Waals surface area contributed by atoms with Gasteiger partial charge in [0.15, 0.2) is 5.17 Å². The van der Waals surface area contributed by atoms with Crippen molar-refractivity contribution < 1.29 is 0 Å². The Bertz CT molecular complexity index is 678. The topological polar surface area (TPSA) is 84.1 Å². The first-order valence-electron chi connectivity index (χ1n) is 5.72. The highest BCUT2D eigenvalue weighted by Gasteiger charge is 2.04. The number of nitrogens with two attached hydrogens (primary N) is 1. The second-order valence-corrected chi connectivity index (χ2v) is 4.78. The molecule has 0 aliphatic rings. The van der Waals surface area contributed by atoms with Gasteiger partial charge < -0.3 is 10.7 Å². The molecule has 19 heavy (non-hydrogen) atoms. The monoisotopic (exact) mass is 274 g/mol. The van der Waals surface area contributed by atoms with E-state index >= 15 is 0 Å². The van der Waals surface area contributed by atoms with Crippen LogP contribution in [0.5, 0.6) is 0 Å². The van der Waals surface area contributed by atoms with Gasteiger partial charge in [-0.25, -0.2) is 4.98 Å². The number of aromatic nitrogens is 2. The van der Waals surface area contributed by atoms with Crippen LogP contribution in [0.1, 0.15) is 5.82 Å². The van der Waals surface area contributed by atoms with Gasteiger partial charge in [0.25, 0.3) is 5.56 Å². The van der Waals surface area contributed by atoms with Gasteiger partial charge in [0, 0.05) is 0 Å². The molecular formula is C13H14N4OS. The minimum atomic E-state index is -0.136. The fourth-order valence-corrected chi connectivity index (χ4v) is 2.13. The molecule has 0 saturated heterocycles. The maximum Gasteiger partial charge on any atom is 0.258 e. The number of thioether (sulfide) groups is 1. The normalized spacial score (nSPS) is 11.7. The largest absolute Gasteiger partial charge is 0.379 e. The smallest absolute Gasteiger partial charge is 0.258 e. The molecule has 1 aromatic heterocycles. The van der Waals surface area contributed by atoms with E-state index in [0.717, 1.165) is 0 Å². The first kappa shape index (κ1) is 13.4. The lowest BCUT2D eigenvalue weighted by Gasteiger charge is -2.02. The van der Waals surface area contributed by atoms with E-state index in [1.54, 1.807) is 12.1 Å². The molecule has 5 nitrogen and oxygen atoms in total. The van der Waals surface area contributed by atoms with E-state index < -0.39 is 0 Å². The summed E-state index contributed by atoms with van der Waals surface area (Å²) in [5.74, 6) is 1.07. The summed E-state index contributed by atoms with van der Waals surface area (Å²) in [6.45, 7) is 4.05. The summed E-state index contributed by atoms with van der Waals surface area (Å²) in [7, 11) is 0. The van der Waals surface area contributed by atoms with E-state index in [1.165, 1.54) is 11.8 Å². The summed E-state index contributed by atoms with van der Waals surface area (Å²) in [5.41, 5.74) is 6.25. The molecule has 6 heteroatoms. The second kappa shape index (κ2) is 6.19. The number of hydrogen-bond donors (Lipinski definition) is 2. The Morgan fingerprint density at radius 2 is 2.32 bits per heavy atom. The minimum absolute atomic E-state index is 0.136. The Morgan fingerprint density at radius 3 is 3.11 bits per heavy atom. The summed E-state index contributed by atoms with van der Waals surface area (Å²) >= 11 is 1.33. The van der Waals surface area contributed by atoms with Crippen LogP contribution in [0.4, 0.5) is 0 Å². The number of hydrogen-bond acceptors (Lipinski definition) is 4. The number of amidine groups is 1. The van der Waals surface area contributed by atoms with E-state index in [1.807, 2.05) is 18.2 Å². The van der Waals surface area contributed by atoms with Crippen LogP contribution < -0.4 is 11.3 Å². The van der Waals surface area contributed by atoms with Gasteiger partial charge in [-0.15, -0.1) is 6.58 Å². The number of para-hydroxylation sites is 1. The molecule has 1 heterocycles. The predicted octanol–water partition coefficient (Wildman–Crippen LogP) is 1.66. The number of benzene rings is 1. The quantitative estimate of drug-likeness (QED) is 0.504. The number of nitrogens with one attached hydrogen (secondary N) is 1. The third-order valence-corrected chi connectivity index (χ3v) is 3.24. The van der Waals surface area contributed by atoms with Gasteiger partial charge in [-0.1, -0.05) is 30.0 Å². The van der Waals surface area contributed by atoms with Crippen LogP contribution in [0.2, 0.25) is 0 Å². The highest BCUT2D eigenvalue weighted by Crippen LogP contribution is 2.10. The van der Waals surface area contributed by atoms with Crippen LogP contribution in [-0.2, 0) is 5.75 Å². The average Bonchev–Trinajstić information content (AvgIpc) is 2.43. The second-order valence-electron chi connectivity index (χ2n) is 3.79. The average molecular weight is 274 g/mol. The molecule has 2 rings (SSSR count). The molecule has 98 valence electrons. The van der Waals surface area contributed by atoms with Crippen molar-refractivity contribution in [2.75, 3.05) is 6.54 Å². The van der Waals surface area contributed by atoms with Gasteiger partial charge in [-0.2, -0.15) is 0 Å². The van der Waals surface area contributed by atoms with E-state index in [2.05, 4.69) is 21.5 Å². The Labute approximate surface area is 114 Å². The molecular weight excluding hydrogens is 260 g/mol. The van der Waals surface area contributed by atoms with Crippen molar-refractivity contribution in [2.24, 2.45) is 10.7 Å². The summed E-state index contributed by atoms with van der Waals surface area (Å²) in [4.78, 5) is 23.0. The van der Waals surface area contributed by atoms with Gasteiger partial charge in [0.1, 0.15) is 5.82 Å². The Balaban J connectivity index is 2.18. The van der Waals surface area contributed by atoms with Gasteiger partial charge in [0.05, 0.1) is 23.2 Å². The number of aliphatic imine (C=N–C) groups is 1. The van der Waals surface area contributed by atoms with E-state index in [0.29, 0.717) is 34.2 Å². The highest BCUT2D eigenvalue weighted by molar-refractivity contribution is 8.13. The highest BCUT2D eigenvalue weighted by atomic mass is 32.2. The SMILES string of the molecule is C=CCN=C(N)SCc1nc2ccccc2c(=O)[nH]1. The molecule has 0 fully saturated rings. The number of fused-ring (bicyclic) bond motifs is 1. The Hall–Kier alpha value is -2.08. The molecule has 0 saturated carbocycles. The van der Waals surface area contributed by atoms with E-state index in [4.69, 9.17) is 5.73 Å². The Morgan fingerprint density at radius 1 is 1.53 bits per heavy atom. The molecule has 0 atom stereocenters. The van der Waals surface area contributed by atoms with Crippen LogP contribution in [0.3, 0.4) is 0 Å². The van der Waals surface area contributed by atoms with Crippen LogP contribution in [0.15, 0.2) is 46.7 Å². The third-order valence-electron chi connectivity index (χ3n) is 2.39. The fourth-order valence-electron chi connectivity index (χ4n) is 1.55. The number of rotatable bonds is 4. The maximum atomic E-state index is 11.8. The van der Waals surface area contributed by atoms with E-state index in [9.17, 15) is 4.79 Å². The molecule has 2 aromatic rings. The van der Waals surface area contributed by atoms with Gasteiger partial charge >= 0.3 is 0 Å². The number of H-pyrrole nitrogens is 1.